The molecular weight excluding hydrogens is 458 g/mol. The lowest BCUT2D eigenvalue weighted by atomic mass is 9.78. The number of nitrogens with one attached hydrogen (secondary N) is 1. The number of hydrogen-bond donors (Lipinski definition) is 1. The van der Waals surface area contributed by atoms with Gasteiger partial charge in [-0.3, -0.25) is 9.59 Å². The fourth-order valence-electron chi connectivity index (χ4n) is 4.84. The van der Waals surface area contributed by atoms with E-state index in [0.29, 0.717) is 29.2 Å². The Hall–Kier alpha value is -2.94. The van der Waals surface area contributed by atoms with Gasteiger partial charge in [-0.05, 0) is 49.6 Å². The molecule has 4 unspecified atom stereocenters. The number of amides is 4. The number of fused-ring (bicyclic) bond motifs is 1. The van der Waals surface area contributed by atoms with Crippen molar-refractivity contribution in [1.82, 2.24) is 4.90 Å². The van der Waals surface area contributed by atoms with Crippen LogP contribution < -0.4 is 10.2 Å². The quantitative estimate of drug-likeness (QED) is 0.671. The largest absolute Gasteiger partial charge is 0.379 e. The topological polar surface area (TPSA) is 88.2 Å². The molecule has 2 aromatic carbocycles. The van der Waals surface area contributed by atoms with E-state index < -0.39 is 18.0 Å². The van der Waals surface area contributed by atoms with Crippen LogP contribution in [-0.2, 0) is 19.1 Å². The van der Waals surface area contributed by atoms with E-state index in [1.807, 2.05) is 25.1 Å². The minimum absolute atomic E-state index is 0.202. The molecule has 4 atom stereocenters. The maximum absolute atomic E-state index is 13.6. The molecule has 1 saturated carbocycles. The molecule has 2 aromatic rings. The molecule has 34 heavy (non-hydrogen) atoms. The number of aryl methyl sites for hydroxylation is 1. The molecule has 9 heteroatoms. The lowest BCUT2D eigenvalue weighted by Crippen LogP contribution is -2.66. The van der Waals surface area contributed by atoms with Crippen LogP contribution in [0.3, 0.4) is 0 Å². The molecule has 180 valence electrons. The van der Waals surface area contributed by atoms with Gasteiger partial charge in [0.25, 0.3) is 0 Å². The van der Waals surface area contributed by atoms with Crippen LogP contribution in [0.5, 0.6) is 0 Å². The molecule has 1 saturated heterocycles. The average molecular weight is 486 g/mol. The monoisotopic (exact) mass is 485 g/mol. The fraction of sp³-hybridized carbons (Fsp3) is 0.400. The van der Waals surface area contributed by atoms with Gasteiger partial charge in [0, 0.05) is 31.0 Å². The van der Waals surface area contributed by atoms with Crippen molar-refractivity contribution < 1.29 is 23.9 Å². The van der Waals surface area contributed by atoms with E-state index in [4.69, 9.17) is 21.1 Å². The summed E-state index contributed by atoms with van der Waals surface area (Å²) < 4.78 is 11.2. The highest BCUT2D eigenvalue weighted by atomic mass is 35.5. The molecule has 1 heterocycles. The van der Waals surface area contributed by atoms with Crippen molar-refractivity contribution in [3.63, 3.8) is 0 Å². The normalized spacial score (nSPS) is 24.7. The van der Waals surface area contributed by atoms with E-state index in [0.717, 1.165) is 10.5 Å². The summed E-state index contributed by atoms with van der Waals surface area (Å²) in [5, 5.41) is 3.28. The van der Waals surface area contributed by atoms with E-state index in [-0.39, 0.29) is 30.6 Å². The van der Waals surface area contributed by atoms with Gasteiger partial charge < -0.3 is 19.7 Å². The Morgan fingerprint density at radius 3 is 2.44 bits per heavy atom. The predicted octanol–water partition coefficient (Wildman–Crippen LogP) is 3.86. The number of rotatable bonds is 6. The van der Waals surface area contributed by atoms with Crippen LogP contribution in [-0.4, -0.2) is 61.8 Å². The van der Waals surface area contributed by atoms with E-state index >= 15 is 0 Å². The molecule has 2 aliphatic rings. The summed E-state index contributed by atoms with van der Waals surface area (Å²) in [4.78, 5) is 42.8. The molecule has 1 aliphatic heterocycles. The van der Waals surface area contributed by atoms with Crippen molar-refractivity contribution in [1.29, 1.82) is 0 Å². The van der Waals surface area contributed by atoms with E-state index in [1.54, 1.807) is 44.6 Å². The predicted molar refractivity (Wildman–Crippen MR) is 129 cm³/mol. The molecule has 2 fully saturated rings. The lowest BCUT2D eigenvalue weighted by Gasteiger charge is -2.49. The van der Waals surface area contributed by atoms with Crippen LogP contribution in [0.4, 0.5) is 16.2 Å². The summed E-state index contributed by atoms with van der Waals surface area (Å²) in [5.74, 6) is -1.21. The summed E-state index contributed by atoms with van der Waals surface area (Å²) in [6, 6.07) is 12.9. The van der Waals surface area contributed by atoms with Crippen molar-refractivity contribution in [2.45, 2.75) is 38.0 Å². The van der Waals surface area contributed by atoms with Crippen LogP contribution in [0.15, 0.2) is 48.5 Å². The lowest BCUT2D eigenvalue weighted by molar-refractivity contribution is -0.139. The molecule has 0 radical (unpaired) electrons. The third kappa shape index (κ3) is 4.66. The number of carbonyl (C=O) groups excluding carboxylic acids is 3. The van der Waals surface area contributed by atoms with Gasteiger partial charge in [-0.15, -0.1) is 0 Å². The van der Waals surface area contributed by atoms with Crippen LogP contribution >= 0.6 is 11.6 Å². The summed E-state index contributed by atoms with van der Waals surface area (Å²) in [7, 11) is 3.16. The molecule has 1 aliphatic carbocycles. The highest BCUT2D eigenvalue weighted by molar-refractivity contribution is 6.31. The first kappa shape index (κ1) is 24.2. The number of benzene rings is 2. The summed E-state index contributed by atoms with van der Waals surface area (Å²) >= 11 is 6.14. The molecule has 1 N–H and O–H groups in total. The van der Waals surface area contributed by atoms with Gasteiger partial charge >= 0.3 is 6.03 Å². The van der Waals surface area contributed by atoms with Crippen LogP contribution in [0.25, 0.3) is 0 Å². The van der Waals surface area contributed by atoms with E-state index in [1.165, 1.54) is 4.90 Å². The maximum Gasteiger partial charge on any atom is 0.332 e. The molecule has 0 bridgehead atoms. The molecule has 8 nitrogen and oxygen atoms in total. The minimum Gasteiger partial charge on any atom is -0.379 e. The number of halogens is 1. The Labute approximate surface area is 203 Å². The number of carbonyl (C=O) groups is 3. The Morgan fingerprint density at radius 2 is 1.76 bits per heavy atom. The van der Waals surface area contributed by atoms with Crippen molar-refractivity contribution in [3.05, 3.63) is 59.1 Å². The molecule has 0 spiro atoms. The third-order valence-electron chi connectivity index (χ3n) is 6.62. The molecule has 4 rings (SSSR count). The van der Waals surface area contributed by atoms with Gasteiger partial charge in [0.05, 0.1) is 23.8 Å². The van der Waals surface area contributed by atoms with E-state index in [9.17, 15) is 14.4 Å². The standard InChI is InChI=1S/C25H28ClN3O5/c1-15-7-4-5-10-19(15)27-23(30)14-28-20-13-22(34-3)21(33-2)12-18(20)24(31)29(25(28)32)17-9-6-8-16(26)11-17/h4-11,18,20-22H,12-14H2,1-3H3,(H,27,30). The Kier molecular flexibility index (Phi) is 7.21. The number of imide groups is 1. The molecular formula is C25H28ClN3O5. The first-order chi connectivity index (χ1) is 16.3. The maximum atomic E-state index is 13.6. The van der Waals surface area contributed by atoms with Crippen molar-refractivity contribution in [2.75, 3.05) is 31.0 Å². The Bertz CT molecular complexity index is 1090. The number of para-hydroxylation sites is 1. The Morgan fingerprint density at radius 1 is 1.06 bits per heavy atom. The zero-order valence-corrected chi connectivity index (χ0v) is 20.1. The number of nitrogens with zero attached hydrogens (tertiary/aromatic N) is 2. The fourth-order valence-corrected chi connectivity index (χ4v) is 5.03. The minimum atomic E-state index is -0.556. The van der Waals surface area contributed by atoms with Gasteiger partial charge in [0.1, 0.15) is 6.54 Å². The van der Waals surface area contributed by atoms with Crippen LogP contribution in [0, 0.1) is 12.8 Å². The smallest absolute Gasteiger partial charge is 0.332 e. The third-order valence-corrected chi connectivity index (χ3v) is 6.85. The second-order valence-electron chi connectivity index (χ2n) is 8.62. The number of ether oxygens (including phenoxy) is 2. The van der Waals surface area contributed by atoms with Crippen molar-refractivity contribution in [3.8, 4) is 0 Å². The van der Waals surface area contributed by atoms with Crippen LogP contribution in [0.1, 0.15) is 18.4 Å². The van der Waals surface area contributed by atoms with Gasteiger partial charge in [-0.1, -0.05) is 35.9 Å². The van der Waals surface area contributed by atoms with Gasteiger partial charge in [0.15, 0.2) is 0 Å². The number of methoxy groups -OCH3 is 2. The average Bonchev–Trinajstić information content (AvgIpc) is 2.82. The second-order valence-corrected chi connectivity index (χ2v) is 9.06. The number of hydrogen-bond acceptors (Lipinski definition) is 5. The summed E-state index contributed by atoms with van der Waals surface area (Å²) in [5.41, 5.74) is 1.96. The first-order valence-corrected chi connectivity index (χ1v) is 11.5. The van der Waals surface area contributed by atoms with Crippen molar-refractivity contribution in [2.24, 2.45) is 5.92 Å². The summed E-state index contributed by atoms with van der Waals surface area (Å²) in [6.07, 6.45) is 0.162. The zero-order chi connectivity index (χ0) is 24.4. The van der Waals surface area contributed by atoms with Crippen LogP contribution in [0.2, 0.25) is 5.02 Å². The highest BCUT2D eigenvalue weighted by Gasteiger charge is 2.52. The highest BCUT2D eigenvalue weighted by Crippen LogP contribution is 2.38. The second kappa shape index (κ2) is 10.1. The van der Waals surface area contributed by atoms with E-state index in [2.05, 4.69) is 5.32 Å². The SMILES string of the molecule is COC1CC2C(=O)N(c3cccc(Cl)c3)C(=O)N(CC(=O)Nc3ccccc3C)C2CC1OC. The van der Waals surface area contributed by atoms with Gasteiger partial charge in [-0.25, -0.2) is 9.69 Å². The summed E-state index contributed by atoms with van der Waals surface area (Å²) in [6.45, 7) is 1.69. The molecule has 0 aromatic heterocycles. The zero-order valence-electron chi connectivity index (χ0n) is 19.4. The van der Waals surface area contributed by atoms with Gasteiger partial charge in [-0.2, -0.15) is 0 Å². The Balaban J connectivity index is 1.66. The number of urea groups is 1. The van der Waals surface area contributed by atoms with Crippen molar-refractivity contribution >= 4 is 40.8 Å². The first-order valence-electron chi connectivity index (χ1n) is 11.1. The van der Waals surface area contributed by atoms with Gasteiger partial charge in [0.2, 0.25) is 11.8 Å². The number of anilines is 2. The molecule has 4 amide bonds.